The molecule has 2 aliphatic rings. The van der Waals surface area contributed by atoms with E-state index < -0.39 is 20.4 Å². The van der Waals surface area contributed by atoms with Crippen molar-refractivity contribution in [3.8, 4) is 0 Å². The van der Waals surface area contributed by atoms with Gasteiger partial charge in [0.15, 0.2) is 0 Å². The van der Waals surface area contributed by atoms with Gasteiger partial charge < -0.3 is 4.90 Å². The topological polar surface area (TPSA) is 101 Å². The summed E-state index contributed by atoms with van der Waals surface area (Å²) in [6, 6.07) is 14.1. The van der Waals surface area contributed by atoms with Crippen molar-refractivity contribution in [1.82, 2.24) is 4.31 Å². The molecule has 1 saturated heterocycles. The molecule has 2 aromatic carbocycles. The van der Waals surface area contributed by atoms with Crippen molar-refractivity contribution in [1.29, 1.82) is 0 Å². The Bertz CT molecular complexity index is 1110. The molecule has 0 radical (unpaired) electrons. The summed E-state index contributed by atoms with van der Waals surface area (Å²) < 4.78 is 26.2. The third-order valence-electron chi connectivity index (χ3n) is 6.49. The average molecular weight is 444 g/mol. The Morgan fingerprint density at radius 2 is 1.77 bits per heavy atom. The molecule has 4 rings (SSSR count). The summed E-state index contributed by atoms with van der Waals surface area (Å²) in [5, 5.41) is 11.3. The Kier molecular flexibility index (Phi) is 5.57. The molecule has 0 bridgehead atoms. The molecule has 1 amide bonds. The van der Waals surface area contributed by atoms with Crippen molar-refractivity contribution in [2.24, 2.45) is 0 Å². The highest BCUT2D eigenvalue weighted by Gasteiger charge is 2.47. The molecule has 0 saturated carbocycles. The second kappa shape index (κ2) is 8.05. The summed E-state index contributed by atoms with van der Waals surface area (Å²) in [5.74, 6) is -0.0888. The number of nitro groups is 1. The Labute approximate surface area is 181 Å². The fourth-order valence-corrected chi connectivity index (χ4v) is 5.77. The standard InChI is InChI=1S/C22H25N3O5S/c1-2-31(29,30)23-14-11-22(12-15-23,18-6-4-3-5-7-18)21(26)24-13-10-17-8-9-19(25(27)28)16-20(17)24/h3-9,16H,2,10-15H2,1H3. The van der Waals surface area contributed by atoms with E-state index in [1.165, 1.54) is 16.4 Å². The van der Waals surface area contributed by atoms with Crippen molar-refractivity contribution in [2.45, 2.75) is 31.6 Å². The van der Waals surface area contributed by atoms with Crippen LogP contribution in [0.1, 0.15) is 30.9 Å². The van der Waals surface area contributed by atoms with E-state index in [2.05, 4.69) is 0 Å². The van der Waals surface area contributed by atoms with Crippen LogP contribution < -0.4 is 4.90 Å². The Morgan fingerprint density at radius 1 is 1.10 bits per heavy atom. The molecule has 2 heterocycles. The Balaban J connectivity index is 1.71. The monoisotopic (exact) mass is 443 g/mol. The molecule has 9 heteroatoms. The predicted octanol–water partition coefficient (Wildman–Crippen LogP) is 2.87. The number of hydrogen-bond acceptors (Lipinski definition) is 5. The maximum Gasteiger partial charge on any atom is 0.271 e. The van der Waals surface area contributed by atoms with E-state index in [4.69, 9.17) is 0 Å². The lowest BCUT2D eigenvalue weighted by atomic mass is 9.72. The highest BCUT2D eigenvalue weighted by Crippen LogP contribution is 2.42. The van der Waals surface area contributed by atoms with E-state index >= 15 is 0 Å². The van der Waals surface area contributed by atoms with Gasteiger partial charge in [-0.25, -0.2) is 12.7 Å². The summed E-state index contributed by atoms with van der Waals surface area (Å²) in [5.41, 5.74) is 1.43. The lowest BCUT2D eigenvalue weighted by molar-refractivity contribution is -0.384. The van der Waals surface area contributed by atoms with Crippen molar-refractivity contribution >= 4 is 27.3 Å². The molecule has 0 aliphatic carbocycles. The number of benzene rings is 2. The molecule has 0 atom stereocenters. The van der Waals surface area contributed by atoms with Gasteiger partial charge in [-0.3, -0.25) is 14.9 Å². The zero-order chi connectivity index (χ0) is 22.2. The molecular formula is C22H25N3O5S. The maximum absolute atomic E-state index is 14.0. The van der Waals surface area contributed by atoms with Crippen molar-refractivity contribution in [3.63, 3.8) is 0 Å². The van der Waals surface area contributed by atoms with E-state index in [9.17, 15) is 23.3 Å². The van der Waals surface area contributed by atoms with Crippen molar-refractivity contribution < 1.29 is 18.1 Å². The van der Waals surface area contributed by atoms with Crippen LogP contribution in [-0.2, 0) is 26.7 Å². The summed E-state index contributed by atoms with van der Waals surface area (Å²) in [6.45, 7) is 2.62. The second-order valence-electron chi connectivity index (χ2n) is 8.02. The first kappa shape index (κ1) is 21.5. The maximum atomic E-state index is 14.0. The zero-order valence-electron chi connectivity index (χ0n) is 17.4. The molecular weight excluding hydrogens is 418 g/mol. The molecule has 31 heavy (non-hydrogen) atoms. The number of fused-ring (bicyclic) bond motifs is 1. The number of anilines is 1. The van der Waals surface area contributed by atoms with Gasteiger partial charge in [-0.1, -0.05) is 36.4 Å². The normalized spacial score (nSPS) is 18.5. The van der Waals surface area contributed by atoms with Gasteiger partial charge in [-0.15, -0.1) is 0 Å². The number of carbonyl (C=O) groups is 1. The number of sulfonamides is 1. The van der Waals surface area contributed by atoms with Gasteiger partial charge in [-0.2, -0.15) is 0 Å². The Morgan fingerprint density at radius 3 is 2.39 bits per heavy atom. The van der Waals surface area contributed by atoms with Crippen LogP contribution in [0.2, 0.25) is 0 Å². The minimum Gasteiger partial charge on any atom is -0.311 e. The quantitative estimate of drug-likeness (QED) is 0.522. The first-order valence-corrected chi connectivity index (χ1v) is 12.0. The van der Waals surface area contributed by atoms with Crippen LogP contribution in [0.3, 0.4) is 0 Å². The van der Waals surface area contributed by atoms with E-state index in [-0.39, 0.29) is 30.4 Å². The second-order valence-corrected chi connectivity index (χ2v) is 10.3. The number of amides is 1. The molecule has 0 spiro atoms. The van der Waals surface area contributed by atoms with Crippen molar-refractivity contribution in [2.75, 3.05) is 30.3 Å². The van der Waals surface area contributed by atoms with E-state index in [1.54, 1.807) is 17.9 Å². The van der Waals surface area contributed by atoms with Gasteiger partial charge in [0.05, 0.1) is 21.8 Å². The van der Waals surface area contributed by atoms with Gasteiger partial charge in [0, 0.05) is 31.8 Å². The first-order valence-electron chi connectivity index (χ1n) is 10.4. The van der Waals surface area contributed by atoms with Crippen LogP contribution in [0.4, 0.5) is 11.4 Å². The van der Waals surface area contributed by atoms with Crippen LogP contribution in [0.15, 0.2) is 48.5 Å². The third kappa shape index (κ3) is 3.72. The molecule has 1 fully saturated rings. The van der Waals surface area contributed by atoms with E-state index in [1.807, 2.05) is 30.3 Å². The average Bonchev–Trinajstić information content (AvgIpc) is 3.22. The molecule has 0 unspecified atom stereocenters. The molecule has 0 aromatic heterocycles. The summed E-state index contributed by atoms with van der Waals surface area (Å²) in [4.78, 5) is 26.4. The Hall–Kier alpha value is -2.78. The number of hydrogen-bond donors (Lipinski definition) is 0. The smallest absolute Gasteiger partial charge is 0.271 e. The SMILES string of the molecule is CCS(=O)(=O)N1CCC(C(=O)N2CCc3ccc([N+](=O)[O-])cc32)(c2ccccc2)CC1. The molecule has 2 aromatic rings. The third-order valence-corrected chi connectivity index (χ3v) is 8.37. The molecule has 8 nitrogen and oxygen atoms in total. The highest BCUT2D eigenvalue weighted by atomic mass is 32.2. The number of piperidine rings is 1. The van der Waals surface area contributed by atoms with Gasteiger partial charge in [0.1, 0.15) is 0 Å². The number of nitrogens with zero attached hydrogens (tertiary/aromatic N) is 3. The fourth-order valence-electron chi connectivity index (χ4n) is 4.66. The van der Waals surface area contributed by atoms with Crippen LogP contribution in [0.25, 0.3) is 0 Å². The van der Waals surface area contributed by atoms with Crippen LogP contribution in [-0.4, -0.2) is 48.9 Å². The zero-order valence-corrected chi connectivity index (χ0v) is 18.2. The summed E-state index contributed by atoms with van der Waals surface area (Å²) in [6.07, 6.45) is 1.38. The van der Waals surface area contributed by atoms with E-state index in [0.717, 1.165) is 11.1 Å². The highest BCUT2D eigenvalue weighted by molar-refractivity contribution is 7.89. The number of carbonyl (C=O) groups excluding carboxylic acids is 1. The van der Waals surface area contributed by atoms with Gasteiger partial charge >= 0.3 is 0 Å². The number of rotatable bonds is 5. The van der Waals surface area contributed by atoms with Crippen LogP contribution in [0, 0.1) is 10.1 Å². The number of non-ortho nitro benzene ring substituents is 1. The summed E-state index contributed by atoms with van der Waals surface area (Å²) >= 11 is 0. The molecule has 164 valence electrons. The van der Waals surface area contributed by atoms with Gasteiger partial charge in [-0.05, 0) is 37.3 Å². The van der Waals surface area contributed by atoms with Crippen LogP contribution in [0.5, 0.6) is 0 Å². The van der Waals surface area contributed by atoms with Gasteiger partial charge in [0.25, 0.3) is 5.69 Å². The molecule has 0 N–H and O–H groups in total. The lowest BCUT2D eigenvalue weighted by Gasteiger charge is -2.42. The summed E-state index contributed by atoms with van der Waals surface area (Å²) in [7, 11) is -3.33. The molecule has 2 aliphatic heterocycles. The minimum absolute atomic E-state index is 0.0302. The fraction of sp³-hybridized carbons (Fsp3) is 0.409. The van der Waals surface area contributed by atoms with Crippen LogP contribution >= 0.6 is 0 Å². The first-order chi connectivity index (χ1) is 14.8. The predicted molar refractivity (Wildman–Crippen MR) is 118 cm³/mol. The number of nitro benzene ring substituents is 1. The van der Waals surface area contributed by atoms with Gasteiger partial charge in [0.2, 0.25) is 15.9 Å². The lowest BCUT2D eigenvalue weighted by Crippen LogP contribution is -2.54. The largest absolute Gasteiger partial charge is 0.311 e. The minimum atomic E-state index is -3.33. The van der Waals surface area contributed by atoms with E-state index in [0.29, 0.717) is 31.5 Å². The van der Waals surface area contributed by atoms with Crippen molar-refractivity contribution in [3.05, 3.63) is 69.8 Å².